The summed E-state index contributed by atoms with van der Waals surface area (Å²) >= 11 is 0. The van der Waals surface area contributed by atoms with Gasteiger partial charge in [0.2, 0.25) is 10.0 Å². The Hall–Kier alpha value is -1.64. The standard InChI is InChI=1S/C16H24N2O5S/c1-11-6-5-7-13(15(11)22-4)16(19)17-14-9-23-8-12(14)10-24(20,21)18(2)3/h5-7,12,14H,8-10H2,1-4H3,(H,17,19)/t12-,14-/m0/s1. The van der Waals surface area contributed by atoms with Crippen LogP contribution in [-0.4, -0.2) is 64.8 Å². The van der Waals surface area contributed by atoms with Crippen molar-refractivity contribution in [3.63, 3.8) is 0 Å². The van der Waals surface area contributed by atoms with Crippen LogP contribution in [0.5, 0.6) is 5.75 Å². The van der Waals surface area contributed by atoms with Gasteiger partial charge in [-0.3, -0.25) is 4.79 Å². The van der Waals surface area contributed by atoms with E-state index in [0.29, 0.717) is 24.5 Å². The average Bonchev–Trinajstić information content (AvgIpc) is 2.93. The molecule has 1 fully saturated rings. The van der Waals surface area contributed by atoms with Crippen LogP contribution in [-0.2, 0) is 14.8 Å². The minimum atomic E-state index is -3.36. The SMILES string of the molecule is COc1c(C)cccc1C(=O)N[C@H]1COC[C@H]1CS(=O)(=O)N(C)C. The van der Waals surface area contributed by atoms with Gasteiger partial charge in [-0.2, -0.15) is 0 Å². The minimum Gasteiger partial charge on any atom is -0.496 e. The highest BCUT2D eigenvalue weighted by molar-refractivity contribution is 7.89. The molecule has 1 saturated heterocycles. The first-order valence-corrected chi connectivity index (χ1v) is 9.29. The van der Waals surface area contributed by atoms with Crippen molar-refractivity contribution in [1.82, 2.24) is 9.62 Å². The number of nitrogens with zero attached hydrogens (tertiary/aromatic N) is 1. The summed E-state index contributed by atoms with van der Waals surface area (Å²) in [4.78, 5) is 12.6. The van der Waals surface area contributed by atoms with Crippen molar-refractivity contribution in [1.29, 1.82) is 0 Å². The van der Waals surface area contributed by atoms with E-state index in [2.05, 4.69) is 5.32 Å². The number of aryl methyl sites for hydroxylation is 1. The van der Waals surface area contributed by atoms with Crippen LogP contribution in [0, 0.1) is 12.8 Å². The molecule has 24 heavy (non-hydrogen) atoms. The number of carbonyl (C=O) groups is 1. The second kappa shape index (κ2) is 7.50. The van der Waals surface area contributed by atoms with E-state index in [0.717, 1.165) is 5.56 Å². The lowest BCUT2D eigenvalue weighted by Gasteiger charge is -2.21. The van der Waals surface area contributed by atoms with Gasteiger partial charge in [-0.1, -0.05) is 12.1 Å². The molecular formula is C16H24N2O5S. The van der Waals surface area contributed by atoms with Gasteiger partial charge in [0.1, 0.15) is 5.75 Å². The first-order valence-electron chi connectivity index (χ1n) is 7.68. The molecule has 7 nitrogen and oxygen atoms in total. The van der Waals surface area contributed by atoms with E-state index in [1.54, 1.807) is 12.1 Å². The van der Waals surface area contributed by atoms with Crippen molar-refractivity contribution in [3.8, 4) is 5.75 Å². The molecule has 0 bridgehead atoms. The molecule has 0 spiro atoms. The number of benzene rings is 1. The molecular weight excluding hydrogens is 332 g/mol. The van der Waals surface area contributed by atoms with Crippen molar-refractivity contribution in [2.45, 2.75) is 13.0 Å². The van der Waals surface area contributed by atoms with Crippen molar-refractivity contribution in [2.24, 2.45) is 5.92 Å². The number of hydrogen-bond acceptors (Lipinski definition) is 5. The summed E-state index contributed by atoms with van der Waals surface area (Å²) in [5, 5.41) is 2.88. The second-order valence-corrected chi connectivity index (χ2v) is 8.32. The highest BCUT2D eigenvalue weighted by atomic mass is 32.2. The molecule has 0 radical (unpaired) electrons. The Balaban J connectivity index is 2.12. The molecule has 1 amide bonds. The van der Waals surface area contributed by atoms with Crippen LogP contribution in [0.2, 0.25) is 0 Å². The molecule has 134 valence electrons. The van der Waals surface area contributed by atoms with Gasteiger partial charge in [-0.05, 0) is 18.6 Å². The maximum atomic E-state index is 12.6. The third-order valence-electron chi connectivity index (χ3n) is 4.16. The van der Waals surface area contributed by atoms with Crippen LogP contribution in [0.3, 0.4) is 0 Å². The Bertz CT molecular complexity index is 702. The van der Waals surface area contributed by atoms with Crippen LogP contribution in [0.25, 0.3) is 0 Å². The number of para-hydroxylation sites is 1. The summed E-state index contributed by atoms with van der Waals surface area (Å²) in [6.07, 6.45) is 0. The van der Waals surface area contributed by atoms with Gasteiger partial charge in [0.25, 0.3) is 5.91 Å². The van der Waals surface area contributed by atoms with Crippen LogP contribution >= 0.6 is 0 Å². The number of amides is 1. The van der Waals surface area contributed by atoms with Crippen LogP contribution in [0.15, 0.2) is 18.2 Å². The van der Waals surface area contributed by atoms with Gasteiger partial charge in [-0.25, -0.2) is 12.7 Å². The maximum Gasteiger partial charge on any atom is 0.255 e. The Kier molecular flexibility index (Phi) is 5.84. The summed E-state index contributed by atoms with van der Waals surface area (Å²) in [6.45, 7) is 2.47. The fraction of sp³-hybridized carbons (Fsp3) is 0.562. The zero-order valence-electron chi connectivity index (χ0n) is 14.4. The molecule has 1 aliphatic rings. The Morgan fingerprint density at radius 2 is 2.08 bits per heavy atom. The van der Waals surface area contributed by atoms with Gasteiger partial charge >= 0.3 is 0 Å². The minimum absolute atomic E-state index is 0.0596. The lowest BCUT2D eigenvalue weighted by Crippen LogP contribution is -2.43. The van der Waals surface area contributed by atoms with Gasteiger partial charge < -0.3 is 14.8 Å². The summed E-state index contributed by atoms with van der Waals surface area (Å²) < 4.78 is 36.0. The summed E-state index contributed by atoms with van der Waals surface area (Å²) in [5.41, 5.74) is 1.29. The molecule has 0 unspecified atom stereocenters. The van der Waals surface area contributed by atoms with E-state index in [9.17, 15) is 13.2 Å². The van der Waals surface area contributed by atoms with E-state index in [4.69, 9.17) is 9.47 Å². The molecule has 1 aromatic carbocycles. The maximum absolute atomic E-state index is 12.6. The normalized spacial score (nSPS) is 21.0. The Morgan fingerprint density at radius 3 is 2.71 bits per heavy atom. The fourth-order valence-electron chi connectivity index (χ4n) is 2.69. The highest BCUT2D eigenvalue weighted by Gasteiger charge is 2.34. The fourth-order valence-corrected chi connectivity index (χ4v) is 3.86. The largest absolute Gasteiger partial charge is 0.496 e. The lowest BCUT2D eigenvalue weighted by atomic mass is 10.0. The van der Waals surface area contributed by atoms with Crippen molar-refractivity contribution >= 4 is 15.9 Å². The monoisotopic (exact) mass is 356 g/mol. The van der Waals surface area contributed by atoms with Gasteiger partial charge in [0.05, 0.1) is 37.7 Å². The van der Waals surface area contributed by atoms with Crippen molar-refractivity contribution < 1.29 is 22.7 Å². The Labute approximate surface area is 143 Å². The molecule has 1 aliphatic heterocycles. The van der Waals surface area contributed by atoms with E-state index in [1.165, 1.54) is 25.5 Å². The molecule has 0 aliphatic carbocycles. The first kappa shape index (κ1) is 18.7. The number of carbonyl (C=O) groups excluding carboxylic acids is 1. The first-order chi connectivity index (χ1) is 11.3. The number of sulfonamides is 1. The smallest absolute Gasteiger partial charge is 0.255 e. The van der Waals surface area contributed by atoms with Crippen LogP contribution in [0.4, 0.5) is 0 Å². The number of ether oxygens (including phenoxy) is 2. The zero-order valence-corrected chi connectivity index (χ0v) is 15.2. The molecule has 2 rings (SSSR count). The van der Waals surface area contributed by atoms with Gasteiger partial charge in [0.15, 0.2) is 0 Å². The predicted molar refractivity (Wildman–Crippen MR) is 90.8 cm³/mol. The summed E-state index contributed by atoms with van der Waals surface area (Å²) in [6, 6.07) is 4.98. The molecule has 0 saturated carbocycles. The van der Waals surface area contributed by atoms with Gasteiger partial charge in [0, 0.05) is 20.0 Å². The molecule has 1 heterocycles. The third kappa shape index (κ3) is 4.06. The second-order valence-electron chi connectivity index (χ2n) is 6.09. The molecule has 1 N–H and O–H groups in total. The summed E-state index contributed by atoms with van der Waals surface area (Å²) in [5.74, 6) is -0.113. The topological polar surface area (TPSA) is 84.9 Å². The van der Waals surface area contributed by atoms with Crippen molar-refractivity contribution in [2.75, 3.05) is 40.2 Å². The number of nitrogens with one attached hydrogen (secondary N) is 1. The van der Waals surface area contributed by atoms with Crippen LogP contribution < -0.4 is 10.1 Å². The number of methoxy groups -OCH3 is 1. The number of rotatable bonds is 6. The van der Waals surface area contributed by atoms with E-state index < -0.39 is 10.0 Å². The molecule has 0 aromatic heterocycles. The lowest BCUT2D eigenvalue weighted by molar-refractivity contribution is 0.0923. The van der Waals surface area contributed by atoms with Crippen LogP contribution in [0.1, 0.15) is 15.9 Å². The average molecular weight is 356 g/mol. The predicted octanol–water partition coefficient (Wildman–Crippen LogP) is 0.640. The van der Waals surface area contributed by atoms with E-state index >= 15 is 0 Å². The zero-order chi connectivity index (χ0) is 17.9. The van der Waals surface area contributed by atoms with E-state index in [1.807, 2.05) is 13.0 Å². The van der Waals surface area contributed by atoms with Gasteiger partial charge in [-0.15, -0.1) is 0 Å². The number of hydrogen-bond donors (Lipinski definition) is 1. The molecule has 2 atom stereocenters. The Morgan fingerprint density at radius 1 is 1.38 bits per heavy atom. The molecule has 1 aromatic rings. The van der Waals surface area contributed by atoms with E-state index in [-0.39, 0.29) is 23.6 Å². The molecule has 8 heteroatoms. The third-order valence-corrected chi connectivity index (χ3v) is 6.12. The quantitative estimate of drug-likeness (QED) is 0.809. The van der Waals surface area contributed by atoms with Crippen molar-refractivity contribution in [3.05, 3.63) is 29.3 Å². The summed E-state index contributed by atoms with van der Waals surface area (Å²) in [7, 11) is 1.15. The highest BCUT2D eigenvalue weighted by Crippen LogP contribution is 2.24.